The highest BCUT2D eigenvalue weighted by atomic mass is 16.5. The number of ether oxygens (including phenoxy) is 2. The van der Waals surface area contributed by atoms with E-state index in [0.717, 1.165) is 45.3 Å². The van der Waals surface area contributed by atoms with Crippen molar-refractivity contribution in [2.75, 3.05) is 34.4 Å². The van der Waals surface area contributed by atoms with Crippen molar-refractivity contribution in [1.82, 2.24) is 10.2 Å². The van der Waals surface area contributed by atoms with E-state index in [1.54, 1.807) is 7.11 Å². The standard InChI is InChI=1S/C16H32N2O3/c1-6-13(7-2)18(10-11-20-4)14-8-9-16(12-14,17-3)15(19)21-5/h13-14,17H,6-12H2,1-5H3. The maximum absolute atomic E-state index is 12.1. The number of likely N-dealkylation sites (N-methyl/N-ethyl adjacent to an activating group) is 1. The van der Waals surface area contributed by atoms with Crippen LogP contribution in [0, 0.1) is 0 Å². The smallest absolute Gasteiger partial charge is 0.326 e. The van der Waals surface area contributed by atoms with E-state index in [4.69, 9.17) is 9.47 Å². The van der Waals surface area contributed by atoms with Gasteiger partial charge in [-0.05, 0) is 39.2 Å². The Kier molecular flexibility index (Phi) is 7.63. The Morgan fingerprint density at radius 3 is 2.52 bits per heavy atom. The molecule has 1 aliphatic rings. The second-order valence-electron chi connectivity index (χ2n) is 5.92. The lowest BCUT2D eigenvalue weighted by atomic mass is 9.97. The van der Waals surface area contributed by atoms with Gasteiger partial charge in [0.2, 0.25) is 0 Å². The van der Waals surface area contributed by atoms with E-state index < -0.39 is 5.54 Å². The van der Waals surface area contributed by atoms with E-state index in [1.807, 2.05) is 7.05 Å². The Bertz CT molecular complexity index is 321. The van der Waals surface area contributed by atoms with Gasteiger partial charge in [-0.1, -0.05) is 13.8 Å². The third kappa shape index (κ3) is 4.18. The molecule has 21 heavy (non-hydrogen) atoms. The van der Waals surface area contributed by atoms with Crippen LogP contribution in [-0.2, 0) is 14.3 Å². The molecule has 2 atom stereocenters. The lowest BCUT2D eigenvalue weighted by Crippen LogP contribution is -2.51. The fourth-order valence-corrected chi connectivity index (χ4v) is 3.63. The van der Waals surface area contributed by atoms with Crippen LogP contribution in [0.1, 0.15) is 46.0 Å². The van der Waals surface area contributed by atoms with Gasteiger partial charge in [0.15, 0.2) is 0 Å². The van der Waals surface area contributed by atoms with Crippen molar-refractivity contribution in [3.8, 4) is 0 Å². The molecule has 1 N–H and O–H groups in total. The number of esters is 1. The summed E-state index contributed by atoms with van der Waals surface area (Å²) in [5, 5.41) is 3.21. The summed E-state index contributed by atoms with van der Waals surface area (Å²) in [5.74, 6) is -0.135. The first-order chi connectivity index (χ1) is 10.1. The Labute approximate surface area is 129 Å². The van der Waals surface area contributed by atoms with E-state index in [9.17, 15) is 4.79 Å². The molecule has 1 fully saturated rings. The molecule has 1 rings (SSSR count). The second-order valence-corrected chi connectivity index (χ2v) is 5.92. The molecule has 0 saturated heterocycles. The minimum Gasteiger partial charge on any atom is -0.468 e. The van der Waals surface area contributed by atoms with E-state index in [-0.39, 0.29) is 5.97 Å². The molecular weight excluding hydrogens is 268 g/mol. The molecule has 124 valence electrons. The third-order valence-corrected chi connectivity index (χ3v) is 4.98. The Hall–Kier alpha value is -0.650. The van der Waals surface area contributed by atoms with Gasteiger partial charge in [-0.2, -0.15) is 0 Å². The zero-order valence-corrected chi connectivity index (χ0v) is 14.3. The van der Waals surface area contributed by atoms with Gasteiger partial charge in [-0.3, -0.25) is 9.69 Å². The summed E-state index contributed by atoms with van der Waals surface area (Å²) in [6.45, 7) is 6.12. The molecule has 0 aromatic carbocycles. The third-order valence-electron chi connectivity index (χ3n) is 4.98. The summed E-state index contributed by atoms with van der Waals surface area (Å²) in [5.41, 5.74) is -0.517. The van der Waals surface area contributed by atoms with Crippen LogP contribution in [0.5, 0.6) is 0 Å². The van der Waals surface area contributed by atoms with E-state index in [1.165, 1.54) is 7.11 Å². The second kappa shape index (κ2) is 8.71. The summed E-state index contributed by atoms with van der Waals surface area (Å²) in [6, 6.07) is 0.965. The summed E-state index contributed by atoms with van der Waals surface area (Å²) in [6.07, 6.45) is 4.93. The zero-order valence-electron chi connectivity index (χ0n) is 14.3. The monoisotopic (exact) mass is 300 g/mol. The van der Waals surface area contributed by atoms with Crippen molar-refractivity contribution in [3.05, 3.63) is 0 Å². The van der Waals surface area contributed by atoms with Gasteiger partial charge >= 0.3 is 5.97 Å². The maximum atomic E-state index is 12.1. The van der Waals surface area contributed by atoms with E-state index in [2.05, 4.69) is 24.1 Å². The van der Waals surface area contributed by atoms with Crippen molar-refractivity contribution < 1.29 is 14.3 Å². The van der Waals surface area contributed by atoms with E-state index >= 15 is 0 Å². The molecule has 0 aromatic heterocycles. The van der Waals surface area contributed by atoms with Crippen molar-refractivity contribution >= 4 is 5.97 Å². The predicted octanol–water partition coefficient (Wildman–Crippen LogP) is 1.81. The molecular formula is C16H32N2O3. The average molecular weight is 300 g/mol. The van der Waals surface area contributed by atoms with Crippen LogP contribution in [0.15, 0.2) is 0 Å². The van der Waals surface area contributed by atoms with Crippen LogP contribution in [0.3, 0.4) is 0 Å². The summed E-state index contributed by atoms with van der Waals surface area (Å²) in [7, 11) is 5.07. The average Bonchev–Trinajstić information content (AvgIpc) is 2.96. The maximum Gasteiger partial charge on any atom is 0.326 e. The highest BCUT2D eigenvalue weighted by Crippen LogP contribution is 2.35. The van der Waals surface area contributed by atoms with Crippen LogP contribution in [0.25, 0.3) is 0 Å². The van der Waals surface area contributed by atoms with Gasteiger partial charge in [0.25, 0.3) is 0 Å². The van der Waals surface area contributed by atoms with Crippen molar-refractivity contribution in [2.45, 2.75) is 63.6 Å². The molecule has 0 heterocycles. The van der Waals surface area contributed by atoms with Gasteiger partial charge in [0.05, 0.1) is 13.7 Å². The van der Waals surface area contributed by atoms with Gasteiger partial charge < -0.3 is 14.8 Å². The molecule has 0 spiro atoms. The molecule has 0 amide bonds. The Balaban J connectivity index is 2.83. The molecule has 2 unspecified atom stereocenters. The van der Waals surface area contributed by atoms with Crippen LogP contribution in [0.2, 0.25) is 0 Å². The molecule has 0 aliphatic heterocycles. The van der Waals surface area contributed by atoms with Gasteiger partial charge in [-0.25, -0.2) is 0 Å². The van der Waals surface area contributed by atoms with Crippen molar-refractivity contribution in [3.63, 3.8) is 0 Å². The van der Waals surface area contributed by atoms with Crippen LogP contribution < -0.4 is 5.32 Å². The lowest BCUT2D eigenvalue weighted by molar-refractivity contribution is -0.148. The summed E-state index contributed by atoms with van der Waals surface area (Å²) >= 11 is 0. The number of nitrogens with zero attached hydrogens (tertiary/aromatic N) is 1. The van der Waals surface area contributed by atoms with Gasteiger partial charge in [0, 0.05) is 25.7 Å². The van der Waals surface area contributed by atoms with Crippen molar-refractivity contribution in [2.24, 2.45) is 0 Å². The number of methoxy groups -OCH3 is 2. The predicted molar refractivity (Wildman–Crippen MR) is 84.4 cm³/mol. The fourth-order valence-electron chi connectivity index (χ4n) is 3.63. The first-order valence-corrected chi connectivity index (χ1v) is 8.10. The Morgan fingerprint density at radius 1 is 1.38 bits per heavy atom. The summed E-state index contributed by atoms with van der Waals surface area (Å²) < 4.78 is 10.3. The van der Waals surface area contributed by atoms with Gasteiger partial charge in [-0.15, -0.1) is 0 Å². The number of nitrogens with one attached hydrogen (secondary N) is 1. The van der Waals surface area contributed by atoms with Crippen LogP contribution in [0.4, 0.5) is 0 Å². The van der Waals surface area contributed by atoms with Crippen LogP contribution >= 0.6 is 0 Å². The van der Waals surface area contributed by atoms with Crippen LogP contribution in [-0.4, -0.2) is 62.9 Å². The van der Waals surface area contributed by atoms with E-state index in [0.29, 0.717) is 12.1 Å². The highest BCUT2D eigenvalue weighted by Gasteiger charge is 2.47. The fraction of sp³-hybridized carbons (Fsp3) is 0.938. The normalized spacial score (nSPS) is 25.8. The minimum absolute atomic E-state index is 0.135. The van der Waals surface area contributed by atoms with Gasteiger partial charge in [0.1, 0.15) is 5.54 Å². The number of carbonyl (C=O) groups excluding carboxylic acids is 1. The highest BCUT2D eigenvalue weighted by molar-refractivity contribution is 5.81. The first-order valence-electron chi connectivity index (χ1n) is 8.10. The lowest BCUT2D eigenvalue weighted by Gasteiger charge is -2.36. The quantitative estimate of drug-likeness (QED) is 0.658. The van der Waals surface area contributed by atoms with Crippen molar-refractivity contribution in [1.29, 1.82) is 0 Å². The molecule has 5 nitrogen and oxygen atoms in total. The number of carbonyl (C=O) groups is 1. The topological polar surface area (TPSA) is 50.8 Å². The number of rotatable bonds is 9. The molecule has 5 heteroatoms. The zero-order chi connectivity index (χ0) is 15.9. The summed E-state index contributed by atoms with van der Waals surface area (Å²) in [4.78, 5) is 14.7. The SMILES string of the molecule is CCC(CC)N(CCOC)C1CCC(NC)(C(=O)OC)C1. The largest absolute Gasteiger partial charge is 0.468 e. The molecule has 0 bridgehead atoms. The number of hydrogen-bond acceptors (Lipinski definition) is 5. The number of hydrogen-bond donors (Lipinski definition) is 1. The Morgan fingerprint density at radius 2 is 2.05 bits per heavy atom. The molecule has 0 aromatic rings. The first kappa shape index (κ1) is 18.4. The molecule has 1 aliphatic carbocycles. The molecule has 1 saturated carbocycles. The minimum atomic E-state index is -0.517. The molecule has 0 radical (unpaired) electrons.